The van der Waals surface area contributed by atoms with Crippen LogP contribution in [0.4, 0.5) is 0 Å². The van der Waals surface area contributed by atoms with E-state index in [1.165, 1.54) is 0 Å². The summed E-state index contributed by atoms with van der Waals surface area (Å²) in [6.07, 6.45) is 2.00. The van der Waals surface area contributed by atoms with Gasteiger partial charge in [-0.15, -0.1) is 16.1 Å². The van der Waals surface area contributed by atoms with Gasteiger partial charge in [-0.05, 0) is 13.2 Å². The first-order chi connectivity index (χ1) is 5.86. The van der Waals surface area contributed by atoms with E-state index in [0.717, 1.165) is 14.4 Å². The third-order valence-corrected chi connectivity index (χ3v) is 3.92. The average molecular weight is 216 g/mol. The number of aromatic nitrogens is 2. The lowest BCUT2D eigenvalue weighted by Gasteiger charge is -1.84. The maximum absolute atomic E-state index is 4.00. The number of thioether (sulfide) groups is 2. The van der Waals surface area contributed by atoms with Gasteiger partial charge in [-0.3, -0.25) is 0 Å². The largest absolute Gasteiger partial charge is 0.176 e. The molecule has 0 aromatic carbocycles. The Labute approximate surface area is 84.5 Å². The molecule has 0 unspecified atom stereocenters. The molecule has 0 aliphatic rings. The molecule has 12 heavy (non-hydrogen) atoms. The van der Waals surface area contributed by atoms with E-state index in [1.54, 1.807) is 34.9 Å². The summed E-state index contributed by atoms with van der Waals surface area (Å²) in [5.74, 6) is 6.61. The monoisotopic (exact) mass is 216 g/mol. The number of nitrogens with zero attached hydrogens (tertiary/aromatic N) is 2. The van der Waals surface area contributed by atoms with Gasteiger partial charge in [0.2, 0.25) is 0 Å². The smallest absolute Gasteiger partial charge is 0.131 e. The van der Waals surface area contributed by atoms with Gasteiger partial charge >= 0.3 is 0 Å². The predicted octanol–water partition coefficient (Wildman–Crippen LogP) is 2.38. The Morgan fingerprint density at radius 1 is 1.42 bits per heavy atom. The van der Waals surface area contributed by atoms with E-state index in [1.807, 2.05) is 13.2 Å². The van der Waals surface area contributed by atoms with Crippen molar-refractivity contribution in [1.29, 1.82) is 0 Å². The molecular weight excluding hydrogens is 208 g/mol. The summed E-state index contributed by atoms with van der Waals surface area (Å²) < 4.78 is 2.02. The molecule has 0 radical (unpaired) electrons. The Morgan fingerprint density at radius 3 is 2.75 bits per heavy atom. The first-order valence-electron chi connectivity index (χ1n) is 3.26. The normalized spacial score (nSPS) is 9.17. The van der Waals surface area contributed by atoms with Crippen LogP contribution in [0.5, 0.6) is 0 Å². The van der Waals surface area contributed by atoms with Gasteiger partial charge in [-0.25, -0.2) is 0 Å². The van der Waals surface area contributed by atoms with Crippen LogP contribution in [0.3, 0.4) is 0 Å². The predicted molar refractivity (Wildman–Crippen MR) is 55.9 cm³/mol. The second-order valence-corrected chi connectivity index (χ2v) is 5.01. The molecule has 0 fully saturated rings. The van der Waals surface area contributed by atoms with Crippen LogP contribution in [-0.2, 0) is 0 Å². The van der Waals surface area contributed by atoms with E-state index in [4.69, 9.17) is 0 Å². The molecule has 1 heterocycles. The molecule has 0 amide bonds. The molecule has 0 saturated carbocycles. The Hall–Kier alpha value is -0.180. The first kappa shape index (κ1) is 9.90. The fourth-order valence-corrected chi connectivity index (χ4v) is 2.76. The van der Waals surface area contributed by atoms with Crippen molar-refractivity contribution in [3.8, 4) is 11.8 Å². The minimum atomic E-state index is 0.805. The second kappa shape index (κ2) is 5.46. The van der Waals surface area contributed by atoms with E-state index in [-0.39, 0.29) is 0 Å². The lowest BCUT2D eigenvalue weighted by Crippen LogP contribution is -1.72. The fourth-order valence-electron chi connectivity index (χ4n) is 0.508. The lowest BCUT2D eigenvalue weighted by atomic mass is 10.7. The van der Waals surface area contributed by atoms with E-state index >= 15 is 0 Å². The summed E-state index contributed by atoms with van der Waals surface area (Å²) in [5.41, 5.74) is 0. The summed E-state index contributed by atoms with van der Waals surface area (Å²) in [6, 6.07) is 0. The topological polar surface area (TPSA) is 25.8 Å². The van der Waals surface area contributed by atoms with Crippen LogP contribution in [0.1, 0.15) is 6.92 Å². The molecule has 0 aliphatic carbocycles. The zero-order valence-corrected chi connectivity index (χ0v) is 9.28. The fraction of sp³-hybridized carbons (Fsp3) is 0.429. The molecule has 0 atom stereocenters. The van der Waals surface area contributed by atoms with E-state index in [2.05, 4.69) is 22.0 Å². The van der Waals surface area contributed by atoms with Crippen molar-refractivity contribution in [2.75, 3.05) is 12.0 Å². The zero-order valence-electron chi connectivity index (χ0n) is 6.83. The summed E-state index contributed by atoms with van der Waals surface area (Å²) in [4.78, 5) is 0. The zero-order chi connectivity index (χ0) is 8.81. The van der Waals surface area contributed by atoms with Crippen molar-refractivity contribution in [1.82, 2.24) is 10.2 Å². The molecule has 0 spiro atoms. The van der Waals surface area contributed by atoms with E-state index in [0.29, 0.717) is 0 Å². The standard InChI is InChI=1S/C7H8N2S3/c1-3-4-5-11-7-9-8-6(10-2)12-7/h5H2,1-2H3. The number of hydrogen-bond acceptors (Lipinski definition) is 5. The highest BCUT2D eigenvalue weighted by Gasteiger charge is 2.01. The van der Waals surface area contributed by atoms with E-state index in [9.17, 15) is 0 Å². The van der Waals surface area contributed by atoms with Gasteiger partial charge in [-0.2, -0.15) is 0 Å². The van der Waals surface area contributed by atoms with Gasteiger partial charge in [-0.1, -0.05) is 40.8 Å². The lowest BCUT2D eigenvalue weighted by molar-refractivity contribution is 0.956. The molecule has 5 heteroatoms. The molecule has 0 N–H and O–H groups in total. The SMILES string of the molecule is CC#CCSc1nnc(SC)s1. The Kier molecular flexibility index (Phi) is 4.51. The summed E-state index contributed by atoms with van der Waals surface area (Å²) >= 11 is 4.88. The van der Waals surface area contributed by atoms with Gasteiger partial charge in [0.05, 0.1) is 5.75 Å². The third-order valence-electron chi connectivity index (χ3n) is 1.01. The summed E-state index contributed by atoms with van der Waals surface area (Å²) in [7, 11) is 0. The van der Waals surface area contributed by atoms with Crippen LogP contribution in [0.2, 0.25) is 0 Å². The molecule has 0 saturated heterocycles. The van der Waals surface area contributed by atoms with Gasteiger partial charge in [0, 0.05) is 0 Å². The summed E-state index contributed by atoms with van der Waals surface area (Å²) in [6.45, 7) is 1.84. The molecule has 64 valence electrons. The van der Waals surface area contributed by atoms with Crippen molar-refractivity contribution in [2.24, 2.45) is 0 Å². The minimum absolute atomic E-state index is 0.805. The minimum Gasteiger partial charge on any atom is -0.131 e. The Morgan fingerprint density at radius 2 is 2.17 bits per heavy atom. The van der Waals surface area contributed by atoms with Crippen LogP contribution in [-0.4, -0.2) is 22.2 Å². The van der Waals surface area contributed by atoms with Crippen molar-refractivity contribution in [2.45, 2.75) is 15.6 Å². The summed E-state index contributed by atoms with van der Waals surface area (Å²) in [5, 5.41) is 7.98. The van der Waals surface area contributed by atoms with Gasteiger partial charge in [0.25, 0.3) is 0 Å². The second-order valence-electron chi connectivity index (χ2n) is 1.75. The average Bonchev–Trinajstić information content (AvgIpc) is 2.53. The van der Waals surface area contributed by atoms with Gasteiger partial charge in [0.15, 0.2) is 8.68 Å². The van der Waals surface area contributed by atoms with Gasteiger partial charge < -0.3 is 0 Å². The maximum Gasteiger partial charge on any atom is 0.176 e. The Balaban J connectivity index is 2.45. The van der Waals surface area contributed by atoms with Crippen LogP contribution in [0.15, 0.2) is 8.68 Å². The first-order valence-corrected chi connectivity index (χ1v) is 6.29. The van der Waals surface area contributed by atoms with Crippen LogP contribution >= 0.6 is 34.9 Å². The third kappa shape index (κ3) is 3.05. The molecule has 2 nitrogen and oxygen atoms in total. The highest BCUT2D eigenvalue weighted by Crippen LogP contribution is 2.26. The maximum atomic E-state index is 4.00. The highest BCUT2D eigenvalue weighted by atomic mass is 32.2. The quantitative estimate of drug-likeness (QED) is 0.572. The van der Waals surface area contributed by atoms with Gasteiger partial charge in [0.1, 0.15) is 0 Å². The molecule has 0 bridgehead atoms. The molecule has 1 aromatic heterocycles. The van der Waals surface area contributed by atoms with Crippen molar-refractivity contribution in [3.05, 3.63) is 0 Å². The van der Waals surface area contributed by atoms with Crippen LogP contribution < -0.4 is 0 Å². The number of hydrogen-bond donors (Lipinski definition) is 0. The molecule has 1 aromatic rings. The van der Waals surface area contributed by atoms with Crippen LogP contribution in [0.25, 0.3) is 0 Å². The van der Waals surface area contributed by atoms with E-state index < -0.39 is 0 Å². The Bertz CT molecular complexity index is 297. The van der Waals surface area contributed by atoms with Crippen molar-refractivity contribution >= 4 is 34.9 Å². The molecule has 0 aliphatic heterocycles. The number of rotatable bonds is 3. The van der Waals surface area contributed by atoms with Crippen molar-refractivity contribution < 1.29 is 0 Å². The van der Waals surface area contributed by atoms with Crippen molar-refractivity contribution in [3.63, 3.8) is 0 Å². The highest BCUT2D eigenvalue weighted by molar-refractivity contribution is 8.03. The van der Waals surface area contributed by atoms with Crippen LogP contribution in [0, 0.1) is 11.8 Å². The molecule has 1 rings (SSSR count). The molecular formula is C7H8N2S3.